The Morgan fingerprint density at radius 3 is 2.70 bits per heavy atom. The highest BCUT2D eigenvalue weighted by Crippen LogP contribution is 2.34. The molecule has 3 rings (SSSR count). The van der Waals surface area contributed by atoms with Gasteiger partial charge in [-0.25, -0.2) is 0 Å². The van der Waals surface area contributed by atoms with Gasteiger partial charge in [-0.2, -0.15) is 0 Å². The van der Waals surface area contributed by atoms with Crippen molar-refractivity contribution in [2.75, 3.05) is 11.4 Å². The molecule has 1 aromatic carbocycles. The fraction of sp³-hybridized carbons (Fsp3) is 0.143. The predicted molar refractivity (Wildman–Crippen MR) is 81.4 cm³/mol. The molecule has 0 radical (unpaired) electrons. The summed E-state index contributed by atoms with van der Waals surface area (Å²) >= 11 is 13.1. The molecule has 20 heavy (non-hydrogen) atoms. The number of hydrogen-bond donors (Lipinski definition) is 0. The zero-order valence-corrected chi connectivity index (χ0v) is 12.6. The molecule has 0 spiro atoms. The van der Waals surface area contributed by atoms with Crippen LogP contribution < -0.4 is 4.90 Å². The molecule has 0 fully saturated rings. The number of carbonyl (C=O) groups excluding carboxylic acids is 2. The van der Waals surface area contributed by atoms with Gasteiger partial charge in [-0.3, -0.25) is 9.59 Å². The average Bonchev–Trinajstić information content (AvgIpc) is 2.78. The number of rotatable bonds is 1. The third-order valence-corrected chi connectivity index (χ3v) is 4.68. The molecule has 0 bridgehead atoms. The predicted octanol–water partition coefficient (Wildman–Crippen LogP) is 4.29. The molecule has 0 saturated heterocycles. The van der Waals surface area contributed by atoms with Gasteiger partial charge in [0.15, 0.2) is 5.78 Å². The minimum absolute atomic E-state index is 0.0547. The lowest BCUT2D eigenvalue weighted by molar-refractivity contribution is 0.0955. The number of para-hydroxylation sites is 1. The maximum absolute atomic E-state index is 12.6. The van der Waals surface area contributed by atoms with Crippen molar-refractivity contribution in [1.82, 2.24) is 0 Å². The number of benzene rings is 1. The SMILES string of the molecule is O=C1CCN(C(=O)c2cc(Cl)sc2Cl)c2ccccc21. The molecule has 6 heteroatoms. The number of Topliss-reactive ketones (excluding diaryl/α,β-unsaturated/α-hetero) is 1. The van der Waals surface area contributed by atoms with Crippen LogP contribution in [0.4, 0.5) is 5.69 Å². The van der Waals surface area contributed by atoms with Crippen LogP contribution in [0.5, 0.6) is 0 Å². The lowest BCUT2D eigenvalue weighted by Crippen LogP contribution is -2.37. The van der Waals surface area contributed by atoms with E-state index in [-0.39, 0.29) is 11.7 Å². The van der Waals surface area contributed by atoms with Gasteiger partial charge < -0.3 is 4.90 Å². The van der Waals surface area contributed by atoms with Crippen LogP contribution in [0.2, 0.25) is 8.67 Å². The topological polar surface area (TPSA) is 37.4 Å². The van der Waals surface area contributed by atoms with Gasteiger partial charge in [-0.15, -0.1) is 11.3 Å². The molecular weight excluding hydrogens is 317 g/mol. The summed E-state index contributed by atoms with van der Waals surface area (Å²) in [5.41, 5.74) is 1.59. The first kappa shape index (κ1) is 13.6. The first-order valence-electron chi connectivity index (χ1n) is 5.97. The molecule has 2 heterocycles. The number of hydrogen-bond acceptors (Lipinski definition) is 3. The monoisotopic (exact) mass is 325 g/mol. The van der Waals surface area contributed by atoms with Crippen LogP contribution in [0.15, 0.2) is 30.3 Å². The maximum atomic E-state index is 12.6. The molecule has 1 aromatic heterocycles. The van der Waals surface area contributed by atoms with Gasteiger partial charge in [-0.05, 0) is 18.2 Å². The summed E-state index contributed by atoms with van der Waals surface area (Å²) in [6.45, 7) is 0.360. The molecule has 0 saturated carbocycles. The molecule has 2 aromatic rings. The number of fused-ring (bicyclic) bond motifs is 1. The Hall–Kier alpha value is -1.36. The molecule has 1 aliphatic rings. The first-order valence-corrected chi connectivity index (χ1v) is 7.54. The molecule has 102 valence electrons. The minimum atomic E-state index is -0.224. The number of ketones is 1. The second-order valence-corrected chi connectivity index (χ2v) is 6.67. The summed E-state index contributed by atoms with van der Waals surface area (Å²) in [6.07, 6.45) is 0.318. The van der Waals surface area contributed by atoms with E-state index in [1.165, 1.54) is 0 Å². The van der Waals surface area contributed by atoms with E-state index in [9.17, 15) is 9.59 Å². The highest BCUT2D eigenvalue weighted by atomic mass is 35.5. The number of nitrogens with zero attached hydrogens (tertiary/aromatic N) is 1. The summed E-state index contributed by atoms with van der Waals surface area (Å²) in [5.74, 6) is -0.169. The average molecular weight is 326 g/mol. The van der Waals surface area contributed by atoms with Crippen molar-refractivity contribution in [3.05, 3.63) is 50.1 Å². The summed E-state index contributed by atoms with van der Waals surface area (Å²) in [7, 11) is 0. The molecule has 0 atom stereocenters. The van der Waals surface area contributed by atoms with E-state index in [1.807, 2.05) is 0 Å². The van der Waals surface area contributed by atoms with Crippen LogP contribution >= 0.6 is 34.5 Å². The Balaban J connectivity index is 2.04. The van der Waals surface area contributed by atoms with Crippen LogP contribution in [0.3, 0.4) is 0 Å². The number of anilines is 1. The quantitative estimate of drug-likeness (QED) is 0.784. The lowest BCUT2D eigenvalue weighted by atomic mass is 10.00. The number of amides is 1. The van der Waals surface area contributed by atoms with Crippen molar-refractivity contribution in [1.29, 1.82) is 0 Å². The smallest absolute Gasteiger partial charge is 0.260 e. The van der Waals surface area contributed by atoms with Crippen molar-refractivity contribution in [3.8, 4) is 0 Å². The summed E-state index contributed by atoms with van der Waals surface area (Å²) in [4.78, 5) is 26.0. The standard InChI is InChI=1S/C14H9Cl2NO2S/c15-12-7-9(13(16)20-12)14(19)17-6-5-11(18)8-3-1-2-4-10(8)17/h1-4,7H,5-6H2. The molecule has 0 unspecified atom stereocenters. The lowest BCUT2D eigenvalue weighted by Gasteiger charge is -2.28. The van der Waals surface area contributed by atoms with Gasteiger partial charge in [0.2, 0.25) is 0 Å². The molecule has 1 amide bonds. The summed E-state index contributed by atoms with van der Waals surface area (Å²) < 4.78 is 0.842. The van der Waals surface area contributed by atoms with Gasteiger partial charge in [0.05, 0.1) is 15.6 Å². The number of thiophene rings is 1. The van der Waals surface area contributed by atoms with Crippen LogP contribution in [-0.4, -0.2) is 18.2 Å². The fourth-order valence-electron chi connectivity index (χ4n) is 2.26. The fourth-order valence-corrected chi connectivity index (χ4v) is 3.70. The molecule has 0 aliphatic carbocycles. The van der Waals surface area contributed by atoms with Gasteiger partial charge >= 0.3 is 0 Å². The second-order valence-electron chi connectivity index (χ2n) is 4.39. The Morgan fingerprint density at radius 1 is 1.25 bits per heavy atom. The van der Waals surface area contributed by atoms with Gasteiger partial charge in [0, 0.05) is 18.5 Å². The van der Waals surface area contributed by atoms with Crippen LogP contribution in [-0.2, 0) is 0 Å². The molecule has 3 nitrogen and oxygen atoms in total. The highest BCUT2D eigenvalue weighted by molar-refractivity contribution is 7.20. The van der Waals surface area contributed by atoms with Gasteiger partial charge in [0.1, 0.15) is 4.34 Å². The second kappa shape index (κ2) is 5.20. The van der Waals surface area contributed by atoms with E-state index in [4.69, 9.17) is 23.2 Å². The van der Waals surface area contributed by atoms with E-state index in [0.717, 1.165) is 11.3 Å². The van der Waals surface area contributed by atoms with Crippen LogP contribution in [0, 0.1) is 0 Å². The summed E-state index contributed by atoms with van der Waals surface area (Å²) in [5, 5.41) is 0. The van der Waals surface area contributed by atoms with E-state index >= 15 is 0 Å². The summed E-state index contributed by atoms with van der Waals surface area (Å²) in [6, 6.07) is 8.67. The Morgan fingerprint density at radius 2 is 2.00 bits per heavy atom. The van der Waals surface area contributed by atoms with Crippen molar-refractivity contribution in [2.24, 2.45) is 0 Å². The van der Waals surface area contributed by atoms with Crippen molar-refractivity contribution in [2.45, 2.75) is 6.42 Å². The van der Waals surface area contributed by atoms with Gasteiger partial charge in [-0.1, -0.05) is 35.3 Å². The van der Waals surface area contributed by atoms with E-state index in [1.54, 1.807) is 35.2 Å². The van der Waals surface area contributed by atoms with E-state index < -0.39 is 0 Å². The Kier molecular flexibility index (Phi) is 3.54. The van der Waals surface area contributed by atoms with E-state index in [0.29, 0.717) is 38.5 Å². The normalized spacial score (nSPS) is 14.3. The van der Waals surface area contributed by atoms with Gasteiger partial charge in [0.25, 0.3) is 5.91 Å². The Labute approximate surface area is 129 Å². The Bertz CT molecular complexity index is 711. The van der Waals surface area contributed by atoms with Crippen molar-refractivity contribution in [3.63, 3.8) is 0 Å². The van der Waals surface area contributed by atoms with Crippen LogP contribution in [0.1, 0.15) is 27.1 Å². The molecular formula is C14H9Cl2NO2S. The van der Waals surface area contributed by atoms with Crippen LogP contribution in [0.25, 0.3) is 0 Å². The van der Waals surface area contributed by atoms with E-state index in [2.05, 4.69) is 0 Å². The van der Waals surface area contributed by atoms with Crippen molar-refractivity contribution < 1.29 is 9.59 Å². The number of halogens is 2. The minimum Gasteiger partial charge on any atom is -0.307 e. The van der Waals surface area contributed by atoms with Crippen molar-refractivity contribution >= 4 is 51.9 Å². The maximum Gasteiger partial charge on any atom is 0.260 e. The zero-order valence-electron chi connectivity index (χ0n) is 10.2. The molecule has 1 aliphatic heterocycles. The number of carbonyl (C=O) groups is 2. The first-order chi connectivity index (χ1) is 9.58. The molecule has 0 N–H and O–H groups in total. The largest absolute Gasteiger partial charge is 0.307 e. The zero-order chi connectivity index (χ0) is 14.3. The highest BCUT2D eigenvalue weighted by Gasteiger charge is 2.29. The third kappa shape index (κ3) is 2.24. The third-order valence-electron chi connectivity index (χ3n) is 3.19.